The number of carbonyl (C=O) groups excluding carboxylic acids is 1. The topological polar surface area (TPSA) is 65.1 Å². The highest BCUT2D eigenvalue weighted by Crippen LogP contribution is 2.41. The number of amides is 1. The molecule has 0 saturated heterocycles. The van der Waals surface area contributed by atoms with Crippen LogP contribution in [-0.2, 0) is 19.6 Å². The second-order valence-electron chi connectivity index (χ2n) is 9.72. The Morgan fingerprint density at radius 2 is 1.91 bits per heavy atom. The highest BCUT2D eigenvalue weighted by molar-refractivity contribution is 5.94. The van der Waals surface area contributed by atoms with Crippen LogP contribution in [-0.4, -0.2) is 35.5 Å². The molecule has 1 aliphatic heterocycles. The van der Waals surface area contributed by atoms with Crippen molar-refractivity contribution in [3.05, 3.63) is 81.9 Å². The lowest BCUT2D eigenvalue weighted by molar-refractivity contribution is 0.0591. The molecule has 1 aliphatic carbocycles. The molecule has 4 aromatic rings. The Kier molecular flexibility index (Phi) is 4.76. The summed E-state index contributed by atoms with van der Waals surface area (Å²) >= 11 is 0. The van der Waals surface area contributed by atoms with Crippen molar-refractivity contribution >= 4 is 16.8 Å². The molecule has 1 amide bonds. The predicted octanol–water partition coefficient (Wildman–Crippen LogP) is 4.24. The molecule has 0 N–H and O–H groups in total. The SMILES string of the molecule is CCn1cc(CN2C(=O)c3ccc(-n4cnc(C)c4)c(=O)n3CC2C)c2cc(C3CC3)ccc21. The molecule has 7 heteroatoms. The van der Waals surface area contributed by atoms with Gasteiger partial charge in [-0.15, -0.1) is 0 Å². The predicted molar refractivity (Wildman–Crippen MR) is 131 cm³/mol. The van der Waals surface area contributed by atoms with Crippen LogP contribution in [0.5, 0.6) is 0 Å². The minimum atomic E-state index is -0.161. The van der Waals surface area contributed by atoms with Crippen LogP contribution in [0.1, 0.15) is 59.9 Å². The third-order valence-corrected chi connectivity index (χ3v) is 7.32. The Morgan fingerprint density at radius 3 is 2.62 bits per heavy atom. The van der Waals surface area contributed by atoms with Gasteiger partial charge >= 0.3 is 0 Å². The number of hydrogen-bond acceptors (Lipinski definition) is 3. The van der Waals surface area contributed by atoms with Crippen LogP contribution in [0, 0.1) is 6.92 Å². The summed E-state index contributed by atoms with van der Waals surface area (Å²) in [6.07, 6.45) is 8.18. The van der Waals surface area contributed by atoms with Gasteiger partial charge < -0.3 is 18.6 Å². The number of aromatic nitrogens is 4. The molecule has 0 bridgehead atoms. The van der Waals surface area contributed by atoms with Crippen molar-refractivity contribution in [2.45, 2.75) is 65.2 Å². The molecule has 3 aromatic heterocycles. The van der Waals surface area contributed by atoms with E-state index in [9.17, 15) is 9.59 Å². The van der Waals surface area contributed by atoms with Crippen LogP contribution >= 0.6 is 0 Å². The first-order valence-corrected chi connectivity index (χ1v) is 12.1. The molecule has 7 nitrogen and oxygen atoms in total. The molecule has 34 heavy (non-hydrogen) atoms. The molecular weight excluding hydrogens is 426 g/mol. The van der Waals surface area contributed by atoms with Gasteiger partial charge in [-0.05, 0) is 74.9 Å². The lowest BCUT2D eigenvalue weighted by atomic mass is 10.0. The van der Waals surface area contributed by atoms with Crippen LogP contribution in [0.25, 0.3) is 16.6 Å². The first kappa shape index (κ1) is 21.0. The fraction of sp³-hybridized carbons (Fsp3) is 0.370. The summed E-state index contributed by atoms with van der Waals surface area (Å²) in [5.41, 5.74) is 5.43. The molecule has 0 radical (unpaired) electrons. The fourth-order valence-electron chi connectivity index (χ4n) is 5.25. The van der Waals surface area contributed by atoms with Gasteiger partial charge in [0.15, 0.2) is 0 Å². The minimum Gasteiger partial charge on any atom is -0.347 e. The molecule has 6 rings (SSSR count). The number of hydrogen-bond donors (Lipinski definition) is 0. The maximum atomic E-state index is 13.6. The van der Waals surface area contributed by atoms with Gasteiger partial charge in [-0.1, -0.05) is 6.07 Å². The molecule has 1 aromatic carbocycles. The van der Waals surface area contributed by atoms with Crippen LogP contribution in [0.2, 0.25) is 0 Å². The number of pyridine rings is 1. The highest BCUT2D eigenvalue weighted by atomic mass is 16.2. The maximum Gasteiger partial charge on any atom is 0.275 e. The van der Waals surface area contributed by atoms with Crippen molar-refractivity contribution in [1.82, 2.24) is 23.6 Å². The molecule has 1 atom stereocenters. The molecule has 0 spiro atoms. The van der Waals surface area contributed by atoms with Gasteiger partial charge in [0.25, 0.3) is 11.5 Å². The van der Waals surface area contributed by atoms with E-state index in [2.05, 4.69) is 40.9 Å². The van der Waals surface area contributed by atoms with Gasteiger partial charge in [0.05, 0.1) is 12.0 Å². The van der Waals surface area contributed by atoms with E-state index in [4.69, 9.17) is 0 Å². The Hall–Kier alpha value is -3.61. The van der Waals surface area contributed by atoms with Gasteiger partial charge in [-0.2, -0.15) is 0 Å². The molecule has 2 aliphatic rings. The molecule has 4 heterocycles. The van der Waals surface area contributed by atoms with Crippen LogP contribution in [0.3, 0.4) is 0 Å². The standard InChI is InChI=1S/C27H29N5O2/c1-4-29-14-21(22-11-20(19-5-6-19)7-8-23(22)29)15-31-18(3)13-32-25(27(31)34)10-9-24(26(32)33)30-12-17(2)28-16-30/h7-12,14,16,18-19H,4-6,13,15H2,1-3H3. The third-order valence-electron chi connectivity index (χ3n) is 7.32. The Bertz CT molecular complexity index is 1490. The highest BCUT2D eigenvalue weighted by Gasteiger charge is 2.32. The van der Waals surface area contributed by atoms with Gasteiger partial charge in [-0.25, -0.2) is 4.98 Å². The zero-order chi connectivity index (χ0) is 23.6. The second-order valence-corrected chi connectivity index (χ2v) is 9.72. The lowest BCUT2D eigenvalue weighted by Gasteiger charge is -2.35. The van der Waals surface area contributed by atoms with Gasteiger partial charge in [0, 0.05) is 49.0 Å². The van der Waals surface area contributed by atoms with Crippen molar-refractivity contribution in [3.8, 4) is 5.69 Å². The summed E-state index contributed by atoms with van der Waals surface area (Å²) in [6, 6.07) is 10.2. The molecule has 1 saturated carbocycles. The summed E-state index contributed by atoms with van der Waals surface area (Å²) in [5, 5.41) is 1.24. The normalized spacial score (nSPS) is 18.0. The molecule has 1 fully saturated rings. The molecule has 174 valence electrons. The molecule has 1 unspecified atom stereocenters. The average molecular weight is 456 g/mol. The number of rotatable bonds is 5. The zero-order valence-corrected chi connectivity index (χ0v) is 19.9. The van der Waals surface area contributed by atoms with E-state index in [0.29, 0.717) is 30.4 Å². The van der Waals surface area contributed by atoms with E-state index < -0.39 is 0 Å². The number of aryl methyl sites for hydroxylation is 2. The smallest absolute Gasteiger partial charge is 0.275 e. The number of nitrogens with zero attached hydrogens (tertiary/aromatic N) is 5. The quantitative estimate of drug-likeness (QED) is 0.452. The number of carbonyl (C=O) groups is 1. The van der Waals surface area contributed by atoms with Gasteiger partial charge in [0.2, 0.25) is 0 Å². The van der Waals surface area contributed by atoms with Crippen molar-refractivity contribution < 1.29 is 4.79 Å². The van der Waals surface area contributed by atoms with Gasteiger partial charge in [-0.3, -0.25) is 9.59 Å². The second kappa shape index (κ2) is 7.72. The van der Waals surface area contributed by atoms with Crippen LogP contribution in [0.15, 0.2) is 53.8 Å². The van der Waals surface area contributed by atoms with E-state index in [0.717, 1.165) is 12.2 Å². The third kappa shape index (κ3) is 3.30. The summed E-state index contributed by atoms with van der Waals surface area (Å²) in [7, 11) is 0. The van der Waals surface area contributed by atoms with Crippen LogP contribution in [0.4, 0.5) is 0 Å². The lowest BCUT2D eigenvalue weighted by Crippen LogP contribution is -2.49. The van der Waals surface area contributed by atoms with Gasteiger partial charge in [0.1, 0.15) is 11.4 Å². The number of fused-ring (bicyclic) bond motifs is 2. The Balaban J connectivity index is 1.36. The maximum absolute atomic E-state index is 13.6. The fourth-order valence-corrected chi connectivity index (χ4v) is 5.25. The summed E-state index contributed by atoms with van der Waals surface area (Å²) in [4.78, 5) is 33.0. The van der Waals surface area contributed by atoms with Crippen molar-refractivity contribution in [2.24, 2.45) is 0 Å². The molecular formula is C27H29N5O2. The number of benzene rings is 1. The van der Waals surface area contributed by atoms with E-state index >= 15 is 0 Å². The van der Waals surface area contributed by atoms with Crippen molar-refractivity contribution in [3.63, 3.8) is 0 Å². The van der Waals surface area contributed by atoms with E-state index in [1.807, 2.05) is 24.9 Å². The largest absolute Gasteiger partial charge is 0.347 e. The van der Waals surface area contributed by atoms with E-state index in [1.165, 1.54) is 34.9 Å². The van der Waals surface area contributed by atoms with E-state index in [1.54, 1.807) is 27.6 Å². The monoisotopic (exact) mass is 455 g/mol. The first-order valence-electron chi connectivity index (χ1n) is 12.1. The van der Waals surface area contributed by atoms with Crippen molar-refractivity contribution in [2.75, 3.05) is 0 Å². The summed E-state index contributed by atoms with van der Waals surface area (Å²) < 4.78 is 5.61. The summed E-state index contributed by atoms with van der Waals surface area (Å²) in [5.74, 6) is 0.588. The summed E-state index contributed by atoms with van der Waals surface area (Å²) in [6.45, 7) is 7.96. The Morgan fingerprint density at radius 1 is 1.09 bits per heavy atom. The Labute approximate surface area is 198 Å². The minimum absolute atomic E-state index is 0.0934. The van der Waals surface area contributed by atoms with Crippen LogP contribution < -0.4 is 5.56 Å². The number of imidazole rings is 1. The van der Waals surface area contributed by atoms with E-state index in [-0.39, 0.29) is 17.5 Å². The van der Waals surface area contributed by atoms with Crippen molar-refractivity contribution in [1.29, 1.82) is 0 Å². The first-order chi connectivity index (χ1) is 16.4. The average Bonchev–Trinajstić information content (AvgIpc) is 3.50. The zero-order valence-electron chi connectivity index (χ0n) is 19.9.